The molecule has 0 atom stereocenters. The Morgan fingerprint density at radius 1 is 1.14 bits per heavy atom. The summed E-state index contributed by atoms with van der Waals surface area (Å²) in [5, 5.41) is 0.743. The second-order valence-corrected chi connectivity index (χ2v) is 7.96. The molecule has 0 spiro atoms. The summed E-state index contributed by atoms with van der Waals surface area (Å²) in [6.45, 7) is 2.80. The largest absolute Gasteiger partial charge is 0.497 e. The summed E-state index contributed by atoms with van der Waals surface area (Å²) in [4.78, 5) is 17.6. The van der Waals surface area contributed by atoms with Crippen molar-refractivity contribution in [3.8, 4) is 5.75 Å². The van der Waals surface area contributed by atoms with Gasteiger partial charge in [0.1, 0.15) is 5.75 Å². The lowest BCUT2D eigenvalue weighted by Gasteiger charge is -2.37. The lowest BCUT2D eigenvalue weighted by atomic mass is 10.0. The number of nitrogens with zero attached hydrogens (tertiary/aromatic N) is 2. The number of ether oxygens (including phenoxy) is 1. The second-order valence-electron chi connectivity index (χ2n) is 7.53. The van der Waals surface area contributed by atoms with Crippen molar-refractivity contribution in [2.45, 2.75) is 31.7 Å². The summed E-state index contributed by atoms with van der Waals surface area (Å²) < 4.78 is 5.21. The number of halogens is 1. The van der Waals surface area contributed by atoms with Crippen LogP contribution in [0.3, 0.4) is 0 Å². The van der Waals surface area contributed by atoms with Gasteiger partial charge in [0.05, 0.1) is 13.5 Å². The molecule has 0 bridgehead atoms. The van der Waals surface area contributed by atoms with Crippen LogP contribution in [0, 0.1) is 0 Å². The quantitative estimate of drug-likeness (QED) is 0.702. The monoisotopic (exact) mass is 400 g/mol. The van der Waals surface area contributed by atoms with Gasteiger partial charge in [-0.3, -0.25) is 4.79 Å². The fourth-order valence-corrected chi connectivity index (χ4v) is 3.99. The predicted molar refractivity (Wildman–Crippen MR) is 114 cm³/mol. The molecular weight excluding hydrogens is 372 g/mol. The highest BCUT2D eigenvalue weighted by molar-refractivity contribution is 6.30. The normalized spacial score (nSPS) is 15.4. The van der Waals surface area contributed by atoms with Gasteiger partial charge in [-0.25, -0.2) is 0 Å². The van der Waals surface area contributed by atoms with Gasteiger partial charge in [0.25, 0.3) is 0 Å². The Balaban J connectivity index is 1.69. The number of hydrogen-bond donors (Lipinski definition) is 0. The second kappa shape index (κ2) is 9.94. The van der Waals surface area contributed by atoms with Gasteiger partial charge in [-0.05, 0) is 74.8 Å². The van der Waals surface area contributed by atoms with Crippen LogP contribution in [0.25, 0.3) is 0 Å². The van der Waals surface area contributed by atoms with Crippen LogP contribution in [0.4, 0.5) is 0 Å². The molecule has 0 unspecified atom stereocenters. The Labute approximate surface area is 173 Å². The minimum Gasteiger partial charge on any atom is -0.497 e. The van der Waals surface area contributed by atoms with Crippen molar-refractivity contribution in [2.75, 3.05) is 33.8 Å². The third-order valence-electron chi connectivity index (χ3n) is 5.49. The minimum atomic E-state index is 0.196. The SMILES string of the molecule is COc1ccc(CC(=O)N(CCc2cccc(Cl)c2)C2CCN(C)CC2)cc1. The number of likely N-dealkylation sites (tertiary alicyclic amines) is 1. The number of methoxy groups -OCH3 is 1. The number of carbonyl (C=O) groups excluding carboxylic acids is 1. The number of hydrogen-bond acceptors (Lipinski definition) is 3. The first-order valence-electron chi connectivity index (χ1n) is 9.90. The lowest BCUT2D eigenvalue weighted by Crippen LogP contribution is -2.47. The molecular formula is C23H29ClN2O2. The highest BCUT2D eigenvalue weighted by atomic mass is 35.5. The number of amides is 1. The highest BCUT2D eigenvalue weighted by Gasteiger charge is 2.26. The van der Waals surface area contributed by atoms with Crippen LogP contribution in [0.5, 0.6) is 5.75 Å². The van der Waals surface area contributed by atoms with Crippen molar-refractivity contribution in [3.05, 3.63) is 64.7 Å². The van der Waals surface area contributed by atoms with E-state index in [1.807, 2.05) is 42.5 Å². The maximum absolute atomic E-state index is 13.2. The lowest BCUT2D eigenvalue weighted by molar-refractivity contribution is -0.133. The van der Waals surface area contributed by atoms with E-state index in [9.17, 15) is 4.79 Å². The molecule has 5 heteroatoms. The van der Waals surface area contributed by atoms with Crippen molar-refractivity contribution >= 4 is 17.5 Å². The highest BCUT2D eigenvalue weighted by Crippen LogP contribution is 2.20. The Morgan fingerprint density at radius 2 is 1.86 bits per heavy atom. The number of benzene rings is 2. The zero-order chi connectivity index (χ0) is 19.9. The molecule has 1 aliphatic rings. The van der Waals surface area contributed by atoms with Gasteiger partial charge in [-0.1, -0.05) is 35.9 Å². The summed E-state index contributed by atoms with van der Waals surface area (Å²) in [5.74, 6) is 1.01. The van der Waals surface area contributed by atoms with Gasteiger partial charge >= 0.3 is 0 Å². The summed E-state index contributed by atoms with van der Waals surface area (Å²) in [5.41, 5.74) is 2.19. The van der Waals surface area contributed by atoms with E-state index >= 15 is 0 Å². The molecule has 0 saturated carbocycles. The average Bonchev–Trinajstić information content (AvgIpc) is 2.70. The molecule has 150 valence electrons. The van der Waals surface area contributed by atoms with Crippen molar-refractivity contribution in [1.29, 1.82) is 0 Å². The van der Waals surface area contributed by atoms with Gasteiger partial charge in [0.2, 0.25) is 5.91 Å². The van der Waals surface area contributed by atoms with E-state index in [1.54, 1.807) is 7.11 Å². The summed E-state index contributed by atoms with van der Waals surface area (Å²) in [6, 6.07) is 16.0. The summed E-state index contributed by atoms with van der Waals surface area (Å²) in [7, 11) is 3.80. The van der Waals surface area contributed by atoms with E-state index in [-0.39, 0.29) is 5.91 Å². The van der Waals surface area contributed by atoms with Crippen molar-refractivity contribution < 1.29 is 9.53 Å². The van der Waals surface area contributed by atoms with E-state index < -0.39 is 0 Å². The molecule has 0 N–H and O–H groups in total. The summed E-state index contributed by atoms with van der Waals surface area (Å²) >= 11 is 6.12. The Bertz CT molecular complexity index is 770. The van der Waals surface area contributed by atoms with Gasteiger partial charge in [0, 0.05) is 17.6 Å². The van der Waals surface area contributed by atoms with Crippen molar-refractivity contribution in [3.63, 3.8) is 0 Å². The molecule has 2 aromatic rings. The van der Waals surface area contributed by atoms with Gasteiger partial charge < -0.3 is 14.5 Å². The third kappa shape index (κ3) is 5.73. The van der Waals surface area contributed by atoms with Crippen molar-refractivity contribution in [1.82, 2.24) is 9.80 Å². The topological polar surface area (TPSA) is 32.8 Å². The van der Waals surface area contributed by atoms with E-state index in [1.165, 1.54) is 5.56 Å². The Kier molecular flexibility index (Phi) is 7.35. The minimum absolute atomic E-state index is 0.196. The Morgan fingerprint density at radius 3 is 2.50 bits per heavy atom. The zero-order valence-corrected chi connectivity index (χ0v) is 17.5. The van der Waals surface area contributed by atoms with E-state index in [2.05, 4.69) is 22.9 Å². The number of carbonyl (C=O) groups is 1. The van der Waals surface area contributed by atoms with E-state index in [0.717, 1.165) is 55.2 Å². The average molecular weight is 401 g/mol. The van der Waals surface area contributed by atoms with Crippen LogP contribution in [-0.2, 0) is 17.6 Å². The first kappa shape index (κ1) is 20.7. The predicted octanol–water partition coefficient (Wildman–Crippen LogP) is 4.06. The van der Waals surface area contributed by atoms with Crippen LogP contribution in [-0.4, -0.2) is 55.5 Å². The molecule has 0 radical (unpaired) electrons. The molecule has 1 saturated heterocycles. The van der Waals surface area contributed by atoms with Gasteiger partial charge in [-0.2, -0.15) is 0 Å². The Hall–Kier alpha value is -2.04. The smallest absolute Gasteiger partial charge is 0.227 e. The maximum atomic E-state index is 13.2. The van der Waals surface area contributed by atoms with E-state index in [0.29, 0.717) is 12.5 Å². The number of piperidine rings is 1. The molecule has 1 aliphatic heterocycles. The van der Waals surface area contributed by atoms with Crippen LogP contribution < -0.4 is 4.74 Å². The molecule has 1 fully saturated rings. The molecule has 3 rings (SSSR count). The molecule has 1 heterocycles. The van der Waals surface area contributed by atoms with E-state index in [4.69, 9.17) is 16.3 Å². The first-order valence-corrected chi connectivity index (χ1v) is 10.3. The summed E-state index contributed by atoms with van der Waals surface area (Å²) in [6.07, 6.45) is 3.30. The fraction of sp³-hybridized carbons (Fsp3) is 0.435. The standard InChI is InChI=1S/C23H29ClN2O2/c1-25-13-11-21(12-14-25)26(15-10-18-4-3-5-20(24)16-18)23(27)17-19-6-8-22(28-2)9-7-19/h3-9,16,21H,10-15,17H2,1-2H3. The number of rotatable bonds is 7. The van der Waals surface area contributed by atoms with Crippen LogP contribution in [0.1, 0.15) is 24.0 Å². The van der Waals surface area contributed by atoms with Crippen LogP contribution >= 0.6 is 11.6 Å². The molecule has 4 nitrogen and oxygen atoms in total. The van der Waals surface area contributed by atoms with Crippen molar-refractivity contribution in [2.24, 2.45) is 0 Å². The molecule has 28 heavy (non-hydrogen) atoms. The molecule has 2 aromatic carbocycles. The zero-order valence-electron chi connectivity index (χ0n) is 16.7. The molecule has 1 amide bonds. The van der Waals surface area contributed by atoms with Gasteiger partial charge in [-0.15, -0.1) is 0 Å². The third-order valence-corrected chi connectivity index (χ3v) is 5.73. The molecule has 0 aromatic heterocycles. The molecule has 0 aliphatic carbocycles. The first-order chi connectivity index (χ1) is 13.5. The van der Waals surface area contributed by atoms with Crippen LogP contribution in [0.2, 0.25) is 5.02 Å². The van der Waals surface area contributed by atoms with Gasteiger partial charge in [0.15, 0.2) is 0 Å². The fourth-order valence-electron chi connectivity index (χ4n) is 3.78. The maximum Gasteiger partial charge on any atom is 0.227 e. The van der Waals surface area contributed by atoms with Crippen LogP contribution in [0.15, 0.2) is 48.5 Å².